The van der Waals surface area contributed by atoms with Gasteiger partial charge in [-0.1, -0.05) is 13.8 Å². The van der Waals surface area contributed by atoms with Crippen molar-refractivity contribution in [3.63, 3.8) is 0 Å². The maximum absolute atomic E-state index is 10.5. The quantitative estimate of drug-likeness (QED) is 0.154. The molecule has 10 N–H and O–H groups in total. The third-order valence-corrected chi connectivity index (χ3v) is 3.56. The van der Waals surface area contributed by atoms with Gasteiger partial charge in [-0.05, 0) is 12.8 Å². The van der Waals surface area contributed by atoms with Crippen LogP contribution in [0.4, 0.5) is 0 Å². The molecule has 0 radical (unpaired) electrons. The standard InChI is InChI=1S/C6H14O.2C5H11NO4/c1-3-5-7-6-4-2;2*6-4(10)5(1-7,2-8)3-9/h3-6H2,1-2H3;2*7-9H,1-3H2,(H2,6,10). The Balaban J connectivity index is -0.000000326. The van der Waals surface area contributed by atoms with Gasteiger partial charge >= 0.3 is 0 Å². The van der Waals surface area contributed by atoms with Gasteiger partial charge in [0.15, 0.2) is 0 Å². The molecule has 27 heavy (non-hydrogen) atoms. The third kappa shape index (κ3) is 11.9. The van der Waals surface area contributed by atoms with Crippen molar-refractivity contribution in [3.8, 4) is 0 Å². The molecule has 164 valence electrons. The van der Waals surface area contributed by atoms with E-state index in [1.807, 2.05) is 0 Å². The minimum Gasteiger partial charge on any atom is -0.395 e. The van der Waals surface area contributed by atoms with Crippen LogP contribution in [0.3, 0.4) is 0 Å². The fourth-order valence-electron chi connectivity index (χ4n) is 1.16. The summed E-state index contributed by atoms with van der Waals surface area (Å²) in [4.78, 5) is 20.9. The van der Waals surface area contributed by atoms with Crippen molar-refractivity contribution in [2.75, 3.05) is 52.9 Å². The van der Waals surface area contributed by atoms with Crippen LogP contribution in [0.2, 0.25) is 0 Å². The number of amides is 2. The first-order valence-electron chi connectivity index (χ1n) is 8.50. The number of primary amides is 2. The topological polar surface area (TPSA) is 217 Å². The van der Waals surface area contributed by atoms with Gasteiger partial charge in [0.1, 0.15) is 10.8 Å². The SMILES string of the molecule is CCCOCCC.NC(=O)C(CO)(CO)CO.NC(=O)C(CO)(CO)CO. The molecular weight excluding hydrogens is 364 g/mol. The molecule has 0 heterocycles. The zero-order chi connectivity index (χ0) is 21.9. The normalized spacial score (nSPS) is 11.0. The van der Waals surface area contributed by atoms with Crippen LogP contribution in [0.1, 0.15) is 26.7 Å². The summed E-state index contributed by atoms with van der Waals surface area (Å²) in [5.74, 6) is -1.81. The molecule has 0 aliphatic carbocycles. The fraction of sp³-hybridized carbons (Fsp3) is 0.875. The van der Waals surface area contributed by atoms with E-state index in [1.165, 1.54) is 0 Å². The molecule has 0 rings (SSSR count). The monoisotopic (exact) mass is 400 g/mol. The molecule has 0 aliphatic heterocycles. The van der Waals surface area contributed by atoms with Gasteiger partial charge in [0.25, 0.3) is 0 Å². The van der Waals surface area contributed by atoms with Gasteiger partial charge in [-0.3, -0.25) is 9.59 Å². The lowest BCUT2D eigenvalue weighted by Gasteiger charge is -2.22. The summed E-state index contributed by atoms with van der Waals surface area (Å²) in [6.45, 7) is 2.23. The number of aliphatic hydroxyl groups excluding tert-OH is 6. The third-order valence-electron chi connectivity index (χ3n) is 3.56. The molecule has 0 atom stereocenters. The summed E-state index contributed by atoms with van der Waals surface area (Å²) in [6, 6.07) is 0. The first-order chi connectivity index (χ1) is 12.7. The highest BCUT2D eigenvalue weighted by Gasteiger charge is 2.35. The van der Waals surface area contributed by atoms with E-state index in [2.05, 4.69) is 13.8 Å². The molecule has 0 aromatic carbocycles. The maximum Gasteiger partial charge on any atom is 0.230 e. The van der Waals surface area contributed by atoms with Crippen LogP contribution in [0.5, 0.6) is 0 Å². The van der Waals surface area contributed by atoms with E-state index in [-0.39, 0.29) is 0 Å². The molecule has 2 amide bonds. The first kappa shape index (κ1) is 30.4. The first-order valence-corrected chi connectivity index (χ1v) is 8.50. The Labute approximate surface area is 159 Å². The molecule has 11 nitrogen and oxygen atoms in total. The van der Waals surface area contributed by atoms with Crippen LogP contribution < -0.4 is 11.5 Å². The fourth-order valence-corrected chi connectivity index (χ4v) is 1.16. The lowest BCUT2D eigenvalue weighted by molar-refractivity contribution is -0.137. The molecule has 11 heteroatoms. The second-order valence-corrected chi connectivity index (χ2v) is 5.85. The number of carbonyl (C=O) groups is 2. The highest BCUT2D eigenvalue weighted by molar-refractivity contribution is 5.81. The molecule has 0 fully saturated rings. The number of ether oxygens (including phenoxy) is 1. The lowest BCUT2D eigenvalue weighted by Crippen LogP contribution is -2.46. The Kier molecular flexibility index (Phi) is 20.3. The Bertz CT molecular complexity index is 322. The molecule has 0 unspecified atom stereocenters. The van der Waals surface area contributed by atoms with E-state index >= 15 is 0 Å². The lowest BCUT2D eigenvalue weighted by atomic mass is 9.91. The predicted octanol–water partition coefficient (Wildman–Crippen LogP) is -3.31. The van der Waals surface area contributed by atoms with Gasteiger partial charge in [0.05, 0.1) is 39.6 Å². The van der Waals surface area contributed by atoms with E-state index in [9.17, 15) is 9.59 Å². The average molecular weight is 400 g/mol. The van der Waals surface area contributed by atoms with Crippen LogP contribution in [0, 0.1) is 10.8 Å². The van der Waals surface area contributed by atoms with Gasteiger partial charge in [-0.25, -0.2) is 0 Å². The van der Waals surface area contributed by atoms with Crippen molar-refractivity contribution in [1.29, 1.82) is 0 Å². The van der Waals surface area contributed by atoms with Gasteiger partial charge in [-0.15, -0.1) is 0 Å². The van der Waals surface area contributed by atoms with Crippen molar-refractivity contribution in [2.24, 2.45) is 22.3 Å². The largest absolute Gasteiger partial charge is 0.395 e. The molecule has 0 aliphatic rings. The molecule has 0 aromatic rings. The van der Waals surface area contributed by atoms with Crippen molar-refractivity contribution < 1.29 is 45.0 Å². The summed E-state index contributed by atoms with van der Waals surface area (Å²) < 4.78 is 5.13. The Morgan fingerprint density at radius 3 is 0.963 bits per heavy atom. The number of nitrogens with two attached hydrogens (primary N) is 2. The van der Waals surface area contributed by atoms with E-state index in [0.29, 0.717) is 0 Å². The average Bonchev–Trinajstić information content (AvgIpc) is 2.66. The number of rotatable bonds is 12. The molecule has 0 aromatic heterocycles. The van der Waals surface area contributed by atoms with Gasteiger partial charge in [-0.2, -0.15) is 0 Å². The predicted molar refractivity (Wildman–Crippen MR) is 97.2 cm³/mol. The summed E-state index contributed by atoms with van der Waals surface area (Å²) >= 11 is 0. The summed E-state index contributed by atoms with van der Waals surface area (Å²) in [7, 11) is 0. The molecule has 0 bridgehead atoms. The summed E-state index contributed by atoms with van der Waals surface area (Å²) in [6.07, 6.45) is 2.28. The van der Waals surface area contributed by atoms with Crippen LogP contribution >= 0.6 is 0 Å². The van der Waals surface area contributed by atoms with Crippen LogP contribution in [-0.4, -0.2) is 95.3 Å². The highest BCUT2D eigenvalue weighted by atomic mass is 16.5. The second-order valence-electron chi connectivity index (χ2n) is 5.85. The zero-order valence-corrected chi connectivity index (χ0v) is 16.1. The smallest absolute Gasteiger partial charge is 0.230 e. The molecule has 0 spiro atoms. The van der Waals surface area contributed by atoms with E-state index in [4.69, 9.17) is 46.8 Å². The number of carbonyl (C=O) groups excluding carboxylic acids is 2. The van der Waals surface area contributed by atoms with Crippen LogP contribution in [-0.2, 0) is 14.3 Å². The minimum absolute atomic E-state index is 0.644. The highest BCUT2D eigenvalue weighted by Crippen LogP contribution is 2.13. The zero-order valence-electron chi connectivity index (χ0n) is 16.1. The molecular formula is C16H36N2O9. The van der Waals surface area contributed by atoms with Gasteiger partial charge in [0.2, 0.25) is 11.8 Å². The number of hydrogen-bond donors (Lipinski definition) is 8. The number of aliphatic hydroxyl groups is 6. The van der Waals surface area contributed by atoms with Crippen molar-refractivity contribution >= 4 is 11.8 Å². The Hall–Kier alpha value is -1.34. The van der Waals surface area contributed by atoms with Crippen molar-refractivity contribution in [3.05, 3.63) is 0 Å². The van der Waals surface area contributed by atoms with Crippen molar-refractivity contribution in [1.82, 2.24) is 0 Å². The van der Waals surface area contributed by atoms with Gasteiger partial charge < -0.3 is 46.8 Å². The Morgan fingerprint density at radius 2 is 0.889 bits per heavy atom. The Morgan fingerprint density at radius 1 is 0.667 bits per heavy atom. The summed E-state index contributed by atoms with van der Waals surface area (Å²) in [5.41, 5.74) is 6.43. The minimum atomic E-state index is -1.57. The van der Waals surface area contributed by atoms with Crippen molar-refractivity contribution in [2.45, 2.75) is 26.7 Å². The maximum atomic E-state index is 10.5. The molecule has 0 saturated carbocycles. The van der Waals surface area contributed by atoms with Gasteiger partial charge in [0, 0.05) is 13.2 Å². The van der Waals surface area contributed by atoms with Crippen LogP contribution in [0.15, 0.2) is 0 Å². The van der Waals surface area contributed by atoms with Crippen LogP contribution in [0.25, 0.3) is 0 Å². The summed E-state index contributed by atoms with van der Waals surface area (Å²) in [5, 5.41) is 51.2. The number of hydrogen-bond acceptors (Lipinski definition) is 9. The van der Waals surface area contributed by atoms with E-state index in [0.717, 1.165) is 26.1 Å². The van der Waals surface area contributed by atoms with E-state index in [1.54, 1.807) is 0 Å². The molecule has 0 saturated heterocycles. The second kappa shape index (κ2) is 18.0. The van der Waals surface area contributed by atoms with E-state index < -0.39 is 62.3 Å².